The second-order valence-corrected chi connectivity index (χ2v) is 3.01. The van der Waals surface area contributed by atoms with Crippen LogP contribution in [-0.2, 0) is 5.88 Å². The molecule has 0 aromatic carbocycles. The number of hydrogen-bond donors (Lipinski definition) is 0. The van der Waals surface area contributed by atoms with Crippen LogP contribution in [0.2, 0.25) is 0 Å². The van der Waals surface area contributed by atoms with E-state index in [1.165, 1.54) is 6.07 Å². The van der Waals surface area contributed by atoms with E-state index in [9.17, 15) is 4.39 Å². The fourth-order valence-electron chi connectivity index (χ4n) is 1.08. The lowest BCUT2D eigenvalue weighted by molar-refractivity contribution is 0.620. The molecule has 0 aliphatic carbocycles. The van der Waals surface area contributed by atoms with Crippen LogP contribution in [0.15, 0.2) is 30.9 Å². The standard InChI is InChI=1S/C9H7ClFN3/c10-3-8-5-14(6-13-8)9-2-1-7(11)4-12-9/h1-2,4-6H,3H2. The van der Waals surface area contributed by atoms with Gasteiger partial charge in [0, 0.05) is 6.20 Å². The molecule has 0 amide bonds. The quantitative estimate of drug-likeness (QED) is 0.713. The summed E-state index contributed by atoms with van der Waals surface area (Å²) in [5, 5.41) is 0. The molecule has 2 aromatic rings. The monoisotopic (exact) mass is 211 g/mol. The maximum Gasteiger partial charge on any atom is 0.141 e. The number of aromatic nitrogens is 3. The van der Waals surface area contributed by atoms with Gasteiger partial charge in [0.2, 0.25) is 0 Å². The van der Waals surface area contributed by atoms with E-state index in [0.717, 1.165) is 11.9 Å². The van der Waals surface area contributed by atoms with Crippen LogP contribution >= 0.6 is 11.6 Å². The maximum absolute atomic E-state index is 12.6. The summed E-state index contributed by atoms with van der Waals surface area (Å²) in [5.74, 6) is 0.621. The summed E-state index contributed by atoms with van der Waals surface area (Å²) in [6.07, 6.45) is 4.51. The van der Waals surface area contributed by atoms with Crippen LogP contribution in [-0.4, -0.2) is 14.5 Å². The molecule has 0 aliphatic heterocycles. The Bertz CT molecular complexity index is 424. The molecule has 3 nitrogen and oxygen atoms in total. The highest BCUT2D eigenvalue weighted by atomic mass is 35.5. The van der Waals surface area contributed by atoms with Gasteiger partial charge in [0.1, 0.15) is 18.0 Å². The Morgan fingerprint density at radius 2 is 2.21 bits per heavy atom. The molecule has 0 atom stereocenters. The molecule has 2 aromatic heterocycles. The lowest BCUT2D eigenvalue weighted by Crippen LogP contribution is -1.93. The fourth-order valence-corrected chi connectivity index (χ4v) is 1.22. The Kier molecular flexibility index (Phi) is 2.45. The number of halogens is 2. The first-order valence-corrected chi connectivity index (χ1v) is 4.54. The third-order valence-corrected chi connectivity index (χ3v) is 2.02. The summed E-state index contributed by atoms with van der Waals surface area (Å²) in [6, 6.07) is 2.93. The van der Waals surface area contributed by atoms with Crippen molar-refractivity contribution in [3.63, 3.8) is 0 Å². The van der Waals surface area contributed by atoms with Gasteiger partial charge in [-0.3, -0.25) is 4.57 Å². The molecular weight excluding hydrogens is 205 g/mol. The summed E-state index contributed by atoms with van der Waals surface area (Å²) >= 11 is 5.60. The molecule has 0 saturated carbocycles. The molecule has 14 heavy (non-hydrogen) atoms. The Morgan fingerprint density at radius 1 is 1.36 bits per heavy atom. The van der Waals surface area contributed by atoms with Crippen molar-refractivity contribution in [3.8, 4) is 5.82 Å². The second kappa shape index (κ2) is 3.75. The van der Waals surface area contributed by atoms with Gasteiger partial charge in [-0.25, -0.2) is 14.4 Å². The molecule has 0 radical (unpaired) electrons. The highest BCUT2D eigenvalue weighted by Crippen LogP contribution is 2.07. The predicted octanol–water partition coefficient (Wildman–Crippen LogP) is 2.15. The summed E-state index contributed by atoms with van der Waals surface area (Å²) in [4.78, 5) is 7.93. The minimum atomic E-state index is -0.355. The Hall–Kier alpha value is -1.42. The van der Waals surface area contributed by atoms with Crippen molar-refractivity contribution < 1.29 is 4.39 Å². The van der Waals surface area contributed by atoms with Crippen molar-refractivity contribution in [1.29, 1.82) is 0 Å². The van der Waals surface area contributed by atoms with E-state index in [-0.39, 0.29) is 5.82 Å². The molecule has 5 heteroatoms. The van der Waals surface area contributed by atoms with Crippen LogP contribution in [0.1, 0.15) is 5.69 Å². The Morgan fingerprint density at radius 3 is 2.79 bits per heavy atom. The molecule has 0 unspecified atom stereocenters. The summed E-state index contributed by atoms with van der Waals surface area (Å²) in [5.41, 5.74) is 0.762. The smallest absolute Gasteiger partial charge is 0.141 e. The normalized spacial score (nSPS) is 10.4. The lowest BCUT2D eigenvalue weighted by Gasteiger charge is -1.98. The minimum Gasteiger partial charge on any atom is -0.290 e. The van der Waals surface area contributed by atoms with E-state index < -0.39 is 0 Å². The second-order valence-electron chi connectivity index (χ2n) is 2.74. The van der Waals surface area contributed by atoms with Gasteiger partial charge in [0.05, 0.1) is 17.8 Å². The zero-order valence-corrected chi connectivity index (χ0v) is 7.95. The number of rotatable bonds is 2. The minimum absolute atomic E-state index is 0.355. The zero-order valence-electron chi connectivity index (χ0n) is 7.19. The highest BCUT2D eigenvalue weighted by molar-refractivity contribution is 6.16. The fraction of sp³-hybridized carbons (Fsp3) is 0.111. The zero-order chi connectivity index (χ0) is 9.97. The van der Waals surface area contributed by atoms with Crippen molar-refractivity contribution in [1.82, 2.24) is 14.5 Å². The van der Waals surface area contributed by atoms with Crippen molar-refractivity contribution in [2.75, 3.05) is 0 Å². The van der Waals surface area contributed by atoms with Gasteiger partial charge in [-0.05, 0) is 12.1 Å². The maximum atomic E-state index is 12.6. The van der Waals surface area contributed by atoms with Gasteiger partial charge in [-0.15, -0.1) is 11.6 Å². The Balaban J connectivity index is 2.34. The molecule has 2 heterocycles. The lowest BCUT2D eigenvalue weighted by atomic mass is 10.4. The molecule has 0 N–H and O–H groups in total. The molecule has 0 fully saturated rings. The van der Waals surface area contributed by atoms with E-state index in [0.29, 0.717) is 11.7 Å². The molecule has 2 rings (SSSR count). The van der Waals surface area contributed by atoms with Gasteiger partial charge in [-0.2, -0.15) is 0 Å². The molecule has 72 valence electrons. The van der Waals surface area contributed by atoms with E-state index >= 15 is 0 Å². The Labute approximate surface area is 85.2 Å². The first-order chi connectivity index (χ1) is 6.79. The molecule has 0 spiro atoms. The van der Waals surface area contributed by atoms with E-state index in [2.05, 4.69) is 9.97 Å². The number of hydrogen-bond acceptors (Lipinski definition) is 2. The molecule has 0 saturated heterocycles. The number of pyridine rings is 1. The van der Waals surface area contributed by atoms with E-state index in [1.54, 1.807) is 23.2 Å². The molecule has 0 bridgehead atoms. The number of nitrogens with zero attached hydrogens (tertiary/aromatic N) is 3. The highest BCUT2D eigenvalue weighted by Gasteiger charge is 2.00. The summed E-state index contributed by atoms with van der Waals surface area (Å²) < 4.78 is 14.3. The SMILES string of the molecule is Fc1ccc(-n2cnc(CCl)c2)nc1. The van der Waals surface area contributed by atoms with E-state index in [1.807, 2.05) is 0 Å². The van der Waals surface area contributed by atoms with Crippen molar-refractivity contribution in [2.45, 2.75) is 5.88 Å². The van der Waals surface area contributed by atoms with Crippen molar-refractivity contribution in [3.05, 3.63) is 42.4 Å². The van der Waals surface area contributed by atoms with Crippen LogP contribution in [0.5, 0.6) is 0 Å². The van der Waals surface area contributed by atoms with Gasteiger partial charge < -0.3 is 0 Å². The van der Waals surface area contributed by atoms with Gasteiger partial charge in [-0.1, -0.05) is 0 Å². The van der Waals surface area contributed by atoms with Crippen LogP contribution in [0, 0.1) is 5.82 Å². The first kappa shape index (κ1) is 9.15. The molecule has 0 aliphatic rings. The van der Waals surface area contributed by atoms with Crippen LogP contribution < -0.4 is 0 Å². The average Bonchev–Trinajstić information content (AvgIpc) is 2.67. The third-order valence-electron chi connectivity index (χ3n) is 1.75. The van der Waals surface area contributed by atoms with Crippen molar-refractivity contribution >= 4 is 11.6 Å². The van der Waals surface area contributed by atoms with Crippen molar-refractivity contribution in [2.24, 2.45) is 0 Å². The largest absolute Gasteiger partial charge is 0.290 e. The summed E-state index contributed by atoms with van der Waals surface area (Å²) in [7, 11) is 0. The van der Waals surface area contributed by atoms with Gasteiger partial charge in [0.25, 0.3) is 0 Å². The average molecular weight is 212 g/mol. The van der Waals surface area contributed by atoms with Gasteiger partial charge in [0.15, 0.2) is 0 Å². The van der Waals surface area contributed by atoms with Crippen LogP contribution in [0.4, 0.5) is 4.39 Å². The predicted molar refractivity (Wildman–Crippen MR) is 50.9 cm³/mol. The first-order valence-electron chi connectivity index (χ1n) is 4.00. The van der Waals surface area contributed by atoms with Crippen LogP contribution in [0.25, 0.3) is 5.82 Å². The van der Waals surface area contributed by atoms with Crippen LogP contribution in [0.3, 0.4) is 0 Å². The number of alkyl halides is 1. The third kappa shape index (κ3) is 1.75. The topological polar surface area (TPSA) is 30.7 Å². The summed E-state index contributed by atoms with van der Waals surface area (Å²) in [6.45, 7) is 0. The number of imidazole rings is 1. The van der Waals surface area contributed by atoms with E-state index in [4.69, 9.17) is 11.6 Å². The van der Waals surface area contributed by atoms with Gasteiger partial charge >= 0.3 is 0 Å². The molecular formula is C9H7ClFN3.